The summed E-state index contributed by atoms with van der Waals surface area (Å²) in [5.41, 5.74) is 4.78. The maximum Gasteiger partial charge on any atom is 0.249 e. The van der Waals surface area contributed by atoms with Gasteiger partial charge in [0.15, 0.2) is 5.76 Å². The number of hydrogen-bond donors (Lipinski definition) is 1. The second kappa shape index (κ2) is 6.79. The fraction of sp³-hybridized carbons (Fsp3) is 0.160. The highest BCUT2D eigenvalue weighted by Gasteiger charge is 2.27. The number of benzene rings is 1. The summed E-state index contributed by atoms with van der Waals surface area (Å²) in [7, 11) is 0. The van der Waals surface area contributed by atoms with Gasteiger partial charge in [0.2, 0.25) is 5.56 Å². The van der Waals surface area contributed by atoms with Crippen molar-refractivity contribution >= 4 is 33.5 Å². The first-order valence-electron chi connectivity index (χ1n) is 10.3. The Morgan fingerprint density at radius 3 is 2.77 bits per heavy atom. The molecule has 152 valence electrons. The van der Waals surface area contributed by atoms with E-state index in [-0.39, 0.29) is 5.56 Å². The zero-order valence-corrected chi connectivity index (χ0v) is 17.5. The molecule has 0 amide bonds. The molecule has 0 spiro atoms. The van der Waals surface area contributed by atoms with Gasteiger partial charge in [0.1, 0.15) is 17.1 Å². The fourth-order valence-electron chi connectivity index (χ4n) is 4.21. The summed E-state index contributed by atoms with van der Waals surface area (Å²) in [6, 6.07) is 15.5. The monoisotopic (exact) mass is 427 g/mol. The van der Waals surface area contributed by atoms with E-state index in [0.29, 0.717) is 28.0 Å². The molecule has 0 aliphatic heterocycles. The number of fused-ring (bicyclic) bond motifs is 2. The van der Waals surface area contributed by atoms with E-state index in [2.05, 4.69) is 22.1 Å². The number of aromatic nitrogens is 3. The Hall–Kier alpha value is -3.44. The van der Waals surface area contributed by atoms with Gasteiger partial charge in [-0.25, -0.2) is 4.98 Å². The van der Waals surface area contributed by atoms with Crippen molar-refractivity contribution in [2.24, 2.45) is 0 Å². The molecule has 0 saturated heterocycles. The van der Waals surface area contributed by atoms with Crippen molar-refractivity contribution in [1.82, 2.24) is 15.0 Å². The van der Waals surface area contributed by atoms with Crippen LogP contribution in [0.3, 0.4) is 0 Å². The molecule has 1 fully saturated rings. The lowest BCUT2D eigenvalue weighted by atomic mass is 9.97. The highest BCUT2D eigenvalue weighted by molar-refractivity contribution is 6.35. The normalized spacial score (nSPS) is 13.9. The lowest BCUT2D eigenvalue weighted by molar-refractivity contribution is 0.547. The third-order valence-electron chi connectivity index (χ3n) is 5.82. The summed E-state index contributed by atoms with van der Waals surface area (Å²) < 4.78 is 5.92. The SMILES string of the molecule is Cc1ccc(-c2nc3[nH]c(=O)cc(C4CC4)c3cc2-c2cc(Cl)c3ncccc3c2)o1. The molecule has 0 atom stereocenters. The molecule has 0 bridgehead atoms. The molecule has 0 unspecified atom stereocenters. The van der Waals surface area contributed by atoms with Crippen molar-refractivity contribution in [3.05, 3.63) is 81.4 Å². The van der Waals surface area contributed by atoms with Crippen LogP contribution in [0.15, 0.2) is 63.9 Å². The zero-order valence-electron chi connectivity index (χ0n) is 16.8. The first kappa shape index (κ1) is 18.3. The van der Waals surface area contributed by atoms with E-state index >= 15 is 0 Å². The van der Waals surface area contributed by atoms with E-state index in [1.807, 2.05) is 37.3 Å². The van der Waals surface area contributed by atoms with E-state index in [9.17, 15) is 4.79 Å². The van der Waals surface area contributed by atoms with Crippen LogP contribution in [-0.2, 0) is 0 Å². The summed E-state index contributed by atoms with van der Waals surface area (Å²) in [5, 5.41) is 2.50. The number of hydrogen-bond acceptors (Lipinski definition) is 4. The molecule has 5 aromatic rings. The highest BCUT2D eigenvalue weighted by Crippen LogP contribution is 2.44. The van der Waals surface area contributed by atoms with E-state index in [1.165, 1.54) is 0 Å². The van der Waals surface area contributed by atoms with E-state index in [4.69, 9.17) is 21.0 Å². The molecule has 1 saturated carbocycles. The molecule has 1 aliphatic carbocycles. The minimum atomic E-state index is -0.129. The molecule has 6 rings (SSSR count). The molecular formula is C25H18ClN3O2. The highest BCUT2D eigenvalue weighted by atomic mass is 35.5. The van der Waals surface area contributed by atoms with E-state index < -0.39 is 0 Å². The molecule has 1 aliphatic rings. The third-order valence-corrected chi connectivity index (χ3v) is 6.11. The lowest BCUT2D eigenvalue weighted by Crippen LogP contribution is -2.08. The number of nitrogens with zero attached hydrogens (tertiary/aromatic N) is 2. The van der Waals surface area contributed by atoms with Crippen LogP contribution < -0.4 is 5.56 Å². The second-order valence-corrected chi connectivity index (χ2v) is 8.49. The molecule has 0 radical (unpaired) electrons. The van der Waals surface area contributed by atoms with Crippen molar-refractivity contribution in [3.8, 4) is 22.6 Å². The van der Waals surface area contributed by atoms with Crippen molar-refractivity contribution in [2.45, 2.75) is 25.7 Å². The third kappa shape index (κ3) is 3.13. The lowest BCUT2D eigenvalue weighted by Gasteiger charge is -2.13. The first-order chi connectivity index (χ1) is 15.1. The summed E-state index contributed by atoms with van der Waals surface area (Å²) in [5.74, 6) is 1.86. The minimum Gasteiger partial charge on any atom is -0.460 e. The molecule has 31 heavy (non-hydrogen) atoms. The standard InChI is InChI=1S/C25H18ClN3O2/c1-13-4-7-21(31-13)24-18(16-9-15-3-2-8-27-23(15)20(26)10-16)11-19-17(14-5-6-14)12-22(30)28-25(19)29-24/h2-4,7-12,14H,5-6H2,1H3,(H,28,29,30). The van der Waals surface area contributed by atoms with Crippen molar-refractivity contribution < 1.29 is 4.42 Å². The number of rotatable bonds is 3. The zero-order chi connectivity index (χ0) is 21.1. The topological polar surface area (TPSA) is 71.8 Å². The number of aromatic amines is 1. The fourth-order valence-corrected chi connectivity index (χ4v) is 4.48. The largest absolute Gasteiger partial charge is 0.460 e. The van der Waals surface area contributed by atoms with Gasteiger partial charge in [0.25, 0.3) is 0 Å². The quantitative estimate of drug-likeness (QED) is 0.370. The Bertz CT molecular complexity index is 1550. The molecule has 1 aromatic carbocycles. The van der Waals surface area contributed by atoms with Gasteiger partial charge in [-0.05, 0) is 73.2 Å². The number of nitrogens with one attached hydrogen (secondary N) is 1. The number of aryl methyl sites for hydroxylation is 1. The van der Waals surface area contributed by atoms with Gasteiger partial charge in [-0.2, -0.15) is 0 Å². The van der Waals surface area contributed by atoms with E-state index in [0.717, 1.165) is 51.6 Å². The number of furan rings is 1. The van der Waals surface area contributed by atoms with Gasteiger partial charge >= 0.3 is 0 Å². The van der Waals surface area contributed by atoms with Crippen LogP contribution in [0, 0.1) is 6.92 Å². The Morgan fingerprint density at radius 2 is 2.00 bits per heavy atom. The molecule has 1 N–H and O–H groups in total. The molecule has 4 aromatic heterocycles. The summed E-state index contributed by atoms with van der Waals surface area (Å²) in [6.45, 7) is 1.90. The van der Waals surface area contributed by atoms with Gasteiger partial charge in [-0.15, -0.1) is 0 Å². The van der Waals surface area contributed by atoms with Crippen molar-refractivity contribution in [3.63, 3.8) is 0 Å². The van der Waals surface area contributed by atoms with Gasteiger partial charge in [0.05, 0.1) is 10.5 Å². The van der Waals surface area contributed by atoms with Crippen LogP contribution in [0.5, 0.6) is 0 Å². The average molecular weight is 428 g/mol. The van der Waals surface area contributed by atoms with Crippen LogP contribution >= 0.6 is 11.6 Å². The molecule has 5 nitrogen and oxygen atoms in total. The Labute approximate surface area is 182 Å². The van der Waals surface area contributed by atoms with Crippen LogP contribution in [-0.4, -0.2) is 15.0 Å². The van der Waals surface area contributed by atoms with Crippen LogP contribution in [0.2, 0.25) is 5.02 Å². The minimum absolute atomic E-state index is 0.129. The summed E-state index contributed by atoms with van der Waals surface area (Å²) in [6.07, 6.45) is 3.93. The summed E-state index contributed by atoms with van der Waals surface area (Å²) >= 11 is 6.59. The van der Waals surface area contributed by atoms with Crippen LogP contribution in [0.25, 0.3) is 44.5 Å². The number of pyridine rings is 3. The maximum atomic E-state index is 12.3. The predicted molar refractivity (Wildman–Crippen MR) is 123 cm³/mol. The number of H-pyrrole nitrogens is 1. The predicted octanol–water partition coefficient (Wildman–Crippen LogP) is 6.24. The average Bonchev–Trinajstić information content (AvgIpc) is 3.52. The van der Waals surface area contributed by atoms with Gasteiger partial charge in [-0.3, -0.25) is 9.78 Å². The Kier molecular flexibility index (Phi) is 4.02. The Morgan fingerprint density at radius 1 is 1.13 bits per heavy atom. The maximum absolute atomic E-state index is 12.3. The smallest absolute Gasteiger partial charge is 0.249 e. The van der Waals surface area contributed by atoms with Gasteiger partial charge in [0, 0.05) is 28.6 Å². The molecular weight excluding hydrogens is 410 g/mol. The second-order valence-electron chi connectivity index (χ2n) is 8.09. The van der Waals surface area contributed by atoms with Crippen molar-refractivity contribution in [1.29, 1.82) is 0 Å². The van der Waals surface area contributed by atoms with Crippen LogP contribution in [0.4, 0.5) is 0 Å². The van der Waals surface area contributed by atoms with Gasteiger partial charge in [-0.1, -0.05) is 17.7 Å². The van der Waals surface area contributed by atoms with Gasteiger partial charge < -0.3 is 9.40 Å². The molecule has 4 heterocycles. The van der Waals surface area contributed by atoms with Crippen molar-refractivity contribution in [2.75, 3.05) is 0 Å². The van der Waals surface area contributed by atoms with Crippen LogP contribution in [0.1, 0.15) is 30.1 Å². The first-order valence-corrected chi connectivity index (χ1v) is 10.6. The summed E-state index contributed by atoms with van der Waals surface area (Å²) in [4.78, 5) is 24.5. The Balaban J connectivity index is 1.69. The van der Waals surface area contributed by atoms with E-state index in [1.54, 1.807) is 12.3 Å². The molecule has 6 heteroatoms. The number of halogens is 1.